The molecule has 8 rings (SSSR count). The fourth-order valence-corrected chi connectivity index (χ4v) is 8.67. The summed E-state index contributed by atoms with van der Waals surface area (Å²) in [5.41, 5.74) is 5.32. The molecule has 4 aromatic carbocycles. The second-order valence-electron chi connectivity index (χ2n) is 13.3. The topological polar surface area (TPSA) is 127 Å². The third-order valence-electron chi connectivity index (χ3n) is 9.93. The lowest BCUT2D eigenvalue weighted by molar-refractivity contribution is 0.117. The van der Waals surface area contributed by atoms with E-state index in [9.17, 15) is 19.8 Å². The zero-order valence-electron chi connectivity index (χ0n) is 27.8. The van der Waals surface area contributed by atoms with Crippen molar-refractivity contribution in [3.8, 4) is 11.5 Å². The molecular weight excluding hydrogens is 647 g/mol. The standard InChI is InChI=1S/C40H43N4O5P/c45-34-15-13-32(33-14-16-37(47)42-39(33)34)35(46)23-41-22-26-9-11-27(12-10-26)25-49-31-8-4-7-30(21-31)38(29-5-2-1-3-6-29)43-40(48)50-36-24-44-19-17-28(36)18-20-44/h1-16,21,28,35-36,38,41,45-46,50H,17-20,22-25H2,(H,42,47)(H,43,48)/t35-,36-,38?/m0/s1. The van der Waals surface area contributed by atoms with E-state index in [1.165, 1.54) is 38.1 Å². The number of aliphatic hydroxyl groups excluding tert-OH is 1. The first-order chi connectivity index (χ1) is 24.4. The lowest BCUT2D eigenvalue weighted by Gasteiger charge is -2.44. The summed E-state index contributed by atoms with van der Waals surface area (Å²) in [5.74, 6) is 1.37. The number of carbonyl (C=O) groups is 1. The summed E-state index contributed by atoms with van der Waals surface area (Å²) >= 11 is 0. The van der Waals surface area contributed by atoms with Gasteiger partial charge in [0.05, 0.1) is 17.7 Å². The zero-order chi connectivity index (χ0) is 34.5. The van der Waals surface area contributed by atoms with Crippen molar-refractivity contribution < 1.29 is 19.7 Å². The normalized spacial score (nSPS) is 19.8. The van der Waals surface area contributed by atoms with Crippen LogP contribution in [0.1, 0.15) is 52.8 Å². The molecule has 1 amide bonds. The van der Waals surface area contributed by atoms with Crippen LogP contribution in [-0.4, -0.2) is 57.6 Å². The number of aromatic nitrogens is 1. The van der Waals surface area contributed by atoms with Crippen LogP contribution in [-0.2, 0) is 13.2 Å². The van der Waals surface area contributed by atoms with Crippen LogP contribution in [0.15, 0.2) is 108 Å². The van der Waals surface area contributed by atoms with Gasteiger partial charge in [0.25, 0.3) is 0 Å². The maximum absolute atomic E-state index is 13.4. The molecule has 4 atom stereocenters. The smallest absolute Gasteiger partial charge is 0.248 e. The summed E-state index contributed by atoms with van der Waals surface area (Å²) in [4.78, 5) is 30.3. The molecule has 5 N–H and O–H groups in total. The van der Waals surface area contributed by atoms with E-state index in [4.69, 9.17) is 4.74 Å². The molecule has 50 heavy (non-hydrogen) atoms. The van der Waals surface area contributed by atoms with Gasteiger partial charge in [-0.1, -0.05) is 72.8 Å². The third kappa shape index (κ3) is 8.09. The van der Waals surface area contributed by atoms with E-state index < -0.39 is 6.10 Å². The van der Waals surface area contributed by atoms with Crippen LogP contribution in [0.25, 0.3) is 10.9 Å². The number of nitrogens with one attached hydrogen (secondary N) is 3. The molecule has 2 unspecified atom stereocenters. The van der Waals surface area contributed by atoms with Crippen LogP contribution < -0.4 is 20.9 Å². The van der Waals surface area contributed by atoms with E-state index in [0.29, 0.717) is 47.7 Å². The Hall–Kier alpha value is -4.53. The molecule has 0 saturated carbocycles. The van der Waals surface area contributed by atoms with E-state index in [-0.39, 0.29) is 31.6 Å². The molecular formula is C40H43N4O5P. The van der Waals surface area contributed by atoms with Crippen LogP contribution in [0, 0.1) is 5.92 Å². The molecule has 4 heterocycles. The van der Waals surface area contributed by atoms with Gasteiger partial charge in [-0.05, 0) is 92.5 Å². The Kier molecular flexibility index (Phi) is 10.6. The van der Waals surface area contributed by atoms with E-state index in [2.05, 4.69) is 32.7 Å². The van der Waals surface area contributed by atoms with Gasteiger partial charge in [-0.3, -0.25) is 9.59 Å². The second-order valence-corrected chi connectivity index (χ2v) is 14.8. The molecule has 0 aliphatic carbocycles. The highest BCUT2D eigenvalue weighted by atomic mass is 31.1. The number of hydrogen-bond acceptors (Lipinski definition) is 7. The highest BCUT2D eigenvalue weighted by Crippen LogP contribution is 2.39. The fraction of sp³-hybridized carbons (Fsp3) is 0.300. The number of amides is 1. The van der Waals surface area contributed by atoms with Crippen molar-refractivity contribution in [2.24, 2.45) is 5.92 Å². The predicted molar refractivity (Wildman–Crippen MR) is 198 cm³/mol. The summed E-state index contributed by atoms with van der Waals surface area (Å²) in [6, 6.07) is 32.1. The number of piperidine rings is 3. The van der Waals surface area contributed by atoms with Gasteiger partial charge >= 0.3 is 0 Å². The largest absolute Gasteiger partial charge is 0.506 e. The lowest BCUT2D eigenvalue weighted by atomic mass is 9.88. The minimum absolute atomic E-state index is 0.0337. The van der Waals surface area contributed by atoms with Gasteiger partial charge in [-0.25, -0.2) is 0 Å². The Balaban J connectivity index is 0.939. The molecule has 9 nitrogen and oxygen atoms in total. The molecule has 1 aromatic heterocycles. The molecule has 3 aliphatic heterocycles. The Morgan fingerprint density at radius 3 is 2.44 bits per heavy atom. The Bertz CT molecular complexity index is 1980. The molecule has 0 radical (unpaired) electrons. The first-order valence-corrected chi connectivity index (χ1v) is 18.4. The Labute approximate surface area is 293 Å². The number of hydrogen-bond donors (Lipinski definition) is 5. The monoisotopic (exact) mass is 690 g/mol. The van der Waals surface area contributed by atoms with Gasteiger partial charge < -0.3 is 35.5 Å². The van der Waals surface area contributed by atoms with Gasteiger partial charge in [0, 0.05) is 36.7 Å². The first kappa shape index (κ1) is 33.9. The number of carbonyl (C=O) groups excluding carboxylic acids is 1. The van der Waals surface area contributed by atoms with Crippen molar-refractivity contribution >= 4 is 25.1 Å². The average Bonchev–Trinajstić information content (AvgIpc) is 3.15. The van der Waals surface area contributed by atoms with Gasteiger partial charge in [0.2, 0.25) is 11.2 Å². The van der Waals surface area contributed by atoms with Crippen LogP contribution >= 0.6 is 8.58 Å². The molecule has 0 spiro atoms. The summed E-state index contributed by atoms with van der Waals surface area (Å²) in [5, 5.41) is 28.2. The number of phenols is 1. The number of benzene rings is 4. The number of aromatic hydroxyl groups is 1. The van der Waals surface area contributed by atoms with Crippen LogP contribution in [0.4, 0.5) is 4.79 Å². The minimum Gasteiger partial charge on any atom is -0.506 e. The molecule has 10 heteroatoms. The summed E-state index contributed by atoms with van der Waals surface area (Å²) in [7, 11) is 0.261. The number of aromatic amines is 1. The van der Waals surface area contributed by atoms with Gasteiger partial charge in [0.1, 0.15) is 18.1 Å². The second kappa shape index (κ2) is 15.6. The fourth-order valence-electron chi connectivity index (χ4n) is 7.19. The average molecular weight is 691 g/mol. The molecule has 5 aromatic rings. The number of phenolic OH excluding ortho intramolecular Hbond substituents is 1. The number of nitrogens with zero attached hydrogens (tertiary/aromatic N) is 1. The third-order valence-corrected chi connectivity index (χ3v) is 11.4. The van der Waals surface area contributed by atoms with Crippen molar-refractivity contribution in [2.45, 2.75) is 43.8 Å². The van der Waals surface area contributed by atoms with Crippen molar-refractivity contribution in [3.05, 3.63) is 141 Å². The minimum atomic E-state index is -0.826. The van der Waals surface area contributed by atoms with Crippen LogP contribution in [0.3, 0.4) is 0 Å². The lowest BCUT2D eigenvalue weighted by Crippen LogP contribution is -2.49. The van der Waals surface area contributed by atoms with Gasteiger partial charge in [-0.2, -0.15) is 0 Å². The molecule has 3 saturated heterocycles. The SMILES string of the molecule is O=C(NC(c1ccccc1)c1cccc(OCc2ccc(CNC[C@H](O)c3ccc(O)c4[nH]c(=O)ccc34)cc2)c1)P[C@H]1CN2CCC1CC2. The number of pyridine rings is 1. The van der Waals surface area contributed by atoms with E-state index >= 15 is 0 Å². The highest BCUT2D eigenvalue weighted by molar-refractivity contribution is 7.58. The number of H-pyrrole nitrogens is 1. The quantitative estimate of drug-likeness (QED) is 0.0931. The van der Waals surface area contributed by atoms with E-state index in [1.54, 1.807) is 12.1 Å². The van der Waals surface area contributed by atoms with Crippen molar-refractivity contribution in [3.63, 3.8) is 0 Å². The Morgan fingerprint density at radius 2 is 1.68 bits per heavy atom. The molecule has 2 bridgehead atoms. The molecule has 258 valence electrons. The van der Waals surface area contributed by atoms with Crippen LogP contribution in [0.2, 0.25) is 0 Å². The van der Waals surface area contributed by atoms with Crippen molar-refractivity contribution in [1.82, 2.24) is 20.5 Å². The van der Waals surface area contributed by atoms with Crippen molar-refractivity contribution in [1.29, 1.82) is 0 Å². The highest BCUT2D eigenvalue weighted by Gasteiger charge is 2.35. The van der Waals surface area contributed by atoms with Gasteiger partial charge in [0.15, 0.2) is 0 Å². The van der Waals surface area contributed by atoms with E-state index in [1.807, 2.05) is 66.7 Å². The van der Waals surface area contributed by atoms with Gasteiger partial charge in [-0.15, -0.1) is 0 Å². The van der Waals surface area contributed by atoms with E-state index in [0.717, 1.165) is 34.5 Å². The number of fused-ring (bicyclic) bond motifs is 4. The summed E-state index contributed by atoms with van der Waals surface area (Å²) < 4.78 is 6.23. The summed E-state index contributed by atoms with van der Waals surface area (Å²) in [6.45, 7) is 4.64. The maximum Gasteiger partial charge on any atom is 0.248 e. The molecule has 3 aliphatic rings. The first-order valence-electron chi connectivity index (χ1n) is 17.3. The zero-order valence-corrected chi connectivity index (χ0v) is 28.8. The predicted octanol–water partition coefficient (Wildman–Crippen LogP) is 6.21. The number of rotatable bonds is 13. The maximum atomic E-state index is 13.4. The number of aliphatic hydroxyl groups is 1. The molecule has 3 fully saturated rings. The van der Waals surface area contributed by atoms with Crippen molar-refractivity contribution in [2.75, 3.05) is 26.2 Å². The Morgan fingerprint density at radius 1 is 0.920 bits per heavy atom. The summed E-state index contributed by atoms with van der Waals surface area (Å²) in [6.07, 6.45) is 1.59. The number of ether oxygens (including phenoxy) is 1. The van der Waals surface area contributed by atoms with Crippen LogP contribution in [0.5, 0.6) is 11.5 Å².